The average molecular weight is 268 g/mol. The highest BCUT2D eigenvalue weighted by atomic mass is 19.4. The molecule has 0 bridgehead atoms. The second-order valence-corrected chi connectivity index (χ2v) is 4.76. The second-order valence-electron chi connectivity index (χ2n) is 4.76. The number of alkyl halides is 3. The maximum absolute atomic E-state index is 11.9. The molecule has 0 atom stereocenters. The summed E-state index contributed by atoms with van der Waals surface area (Å²) in [6, 6.07) is 0.405. The van der Waals surface area contributed by atoms with Crippen LogP contribution in [0.1, 0.15) is 38.5 Å². The van der Waals surface area contributed by atoms with E-state index in [1.807, 2.05) is 0 Å². The summed E-state index contributed by atoms with van der Waals surface area (Å²) in [4.78, 5) is 2.11. The summed E-state index contributed by atoms with van der Waals surface area (Å²) in [5, 5.41) is 0. The molecule has 2 N–H and O–H groups in total. The fourth-order valence-electron chi connectivity index (χ4n) is 2.50. The van der Waals surface area contributed by atoms with E-state index in [1.54, 1.807) is 0 Å². The van der Waals surface area contributed by atoms with Gasteiger partial charge in [-0.3, -0.25) is 9.64 Å². The van der Waals surface area contributed by atoms with Crippen LogP contribution in [0.15, 0.2) is 0 Å². The van der Waals surface area contributed by atoms with Gasteiger partial charge in [-0.2, -0.15) is 0 Å². The first-order valence-electron chi connectivity index (χ1n) is 6.68. The van der Waals surface area contributed by atoms with Gasteiger partial charge in [-0.25, -0.2) is 0 Å². The van der Waals surface area contributed by atoms with Crippen molar-refractivity contribution in [1.29, 1.82) is 0 Å². The van der Waals surface area contributed by atoms with Crippen LogP contribution in [-0.4, -0.2) is 43.5 Å². The largest absolute Gasteiger partial charge is 0.522 e. The van der Waals surface area contributed by atoms with Crippen molar-refractivity contribution < 1.29 is 17.9 Å². The fraction of sp³-hybridized carbons (Fsp3) is 1.00. The summed E-state index contributed by atoms with van der Waals surface area (Å²) in [7, 11) is 0. The van der Waals surface area contributed by atoms with Crippen LogP contribution in [0, 0.1) is 0 Å². The first kappa shape index (κ1) is 15.7. The van der Waals surface area contributed by atoms with Crippen molar-refractivity contribution in [3.8, 4) is 0 Å². The summed E-state index contributed by atoms with van der Waals surface area (Å²) in [5.41, 5.74) is 5.47. The van der Waals surface area contributed by atoms with Gasteiger partial charge < -0.3 is 5.73 Å². The molecule has 1 aliphatic carbocycles. The molecule has 6 heteroatoms. The minimum absolute atomic E-state index is 0.287. The van der Waals surface area contributed by atoms with E-state index in [9.17, 15) is 13.2 Å². The molecular formula is C12H23F3N2O. The van der Waals surface area contributed by atoms with Crippen LogP contribution in [0.25, 0.3) is 0 Å². The summed E-state index contributed by atoms with van der Waals surface area (Å²) >= 11 is 0. The zero-order chi connectivity index (χ0) is 13.4. The second kappa shape index (κ2) is 7.96. The third kappa shape index (κ3) is 6.56. The van der Waals surface area contributed by atoms with Crippen LogP contribution in [0.4, 0.5) is 13.2 Å². The van der Waals surface area contributed by atoms with Crippen molar-refractivity contribution in [1.82, 2.24) is 4.90 Å². The van der Waals surface area contributed by atoms with Gasteiger partial charge in [-0.05, 0) is 32.4 Å². The van der Waals surface area contributed by atoms with Gasteiger partial charge in [-0.15, -0.1) is 13.2 Å². The SMILES string of the molecule is NCCCN(CCOC(F)(F)F)C1CCCCC1. The third-order valence-electron chi connectivity index (χ3n) is 3.38. The van der Waals surface area contributed by atoms with E-state index >= 15 is 0 Å². The first-order valence-corrected chi connectivity index (χ1v) is 6.68. The van der Waals surface area contributed by atoms with Crippen LogP contribution in [-0.2, 0) is 4.74 Å². The first-order chi connectivity index (χ1) is 8.53. The van der Waals surface area contributed by atoms with E-state index in [0.717, 1.165) is 25.8 Å². The Hall–Kier alpha value is -0.330. The normalized spacial score (nSPS) is 18.5. The molecule has 1 fully saturated rings. The monoisotopic (exact) mass is 268 g/mol. The molecule has 0 aromatic rings. The predicted octanol–water partition coefficient (Wildman–Crippen LogP) is 2.51. The van der Waals surface area contributed by atoms with Gasteiger partial charge >= 0.3 is 6.36 Å². The molecule has 18 heavy (non-hydrogen) atoms. The van der Waals surface area contributed by atoms with Crippen LogP contribution in [0.2, 0.25) is 0 Å². The molecule has 0 aliphatic heterocycles. The summed E-state index contributed by atoms with van der Waals surface area (Å²) in [6.07, 6.45) is 2.04. The van der Waals surface area contributed by atoms with E-state index in [1.165, 1.54) is 19.3 Å². The quantitative estimate of drug-likeness (QED) is 0.771. The highest BCUT2D eigenvalue weighted by molar-refractivity contribution is 4.76. The Kier molecular flexibility index (Phi) is 6.96. The smallest absolute Gasteiger partial charge is 0.330 e. The molecule has 0 aromatic heterocycles. The predicted molar refractivity (Wildman–Crippen MR) is 64.1 cm³/mol. The molecule has 0 unspecified atom stereocenters. The van der Waals surface area contributed by atoms with Crippen molar-refractivity contribution in [2.75, 3.05) is 26.2 Å². The number of rotatable bonds is 7. The minimum atomic E-state index is -4.52. The van der Waals surface area contributed by atoms with E-state index in [-0.39, 0.29) is 6.61 Å². The van der Waals surface area contributed by atoms with Crippen molar-refractivity contribution in [2.24, 2.45) is 5.73 Å². The molecule has 0 amide bonds. The Bertz CT molecular complexity index is 218. The Morgan fingerprint density at radius 2 is 1.78 bits per heavy atom. The van der Waals surface area contributed by atoms with Gasteiger partial charge in [0.25, 0.3) is 0 Å². The Morgan fingerprint density at radius 3 is 2.33 bits per heavy atom. The summed E-state index contributed by atoms with van der Waals surface area (Å²) in [6.45, 7) is 1.39. The fourth-order valence-corrected chi connectivity index (χ4v) is 2.50. The van der Waals surface area contributed by atoms with Gasteiger partial charge in [0.15, 0.2) is 0 Å². The molecule has 108 valence electrons. The van der Waals surface area contributed by atoms with Crippen LogP contribution >= 0.6 is 0 Å². The average Bonchev–Trinajstić information content (AvgIpc) is 2.33. The molecule has 1 rings (SSSR count). The molecule has 0 radical (unpaired) electrons. The molecular weight excluding hydrogens is 245 g/mol. The Morgan fingerprint density at radius 1 is 1.11 bits per heavy atom. The number of nitrogens with zero attached hydrogens (tertiary/aromatic N) is 1. The minimum Gasteiger partial charge on any atom is -0.330 e. The summed E-state index contributed by atoms with van der Waals surface area (Å²) in [5.74, 6) is 0. The van der Waals surface area contributed by atoms with Gasteiger partial charge in [-0.1, -0.05) is 19.3 Å². The highest BCUT2D eigenvalue weighted by Crippen LogP contribution is 2.23. The summed E-state index contributed by atoms with van der Waals surface area (Å²) < 4.78 is 39.7. The van der Waals surface area contributed by atoms with E-state index in [4.69, 9.17) is 5.73 Å². The van der Waals surface area contributed by atoms with Crippen molar-refractivity contribution in [3.05, 3.63) is 0 Å². The van der Waals surface area contributed by atoms with Crippen LogP contribution in [0.3, 0.4) is 0 Å². The molecule has 0 heterocycles. The van der Waals surface area contributed by atoms with Crippen molar-refractivity contribution in [2.45, 2.75) is 50.9 Å². The van der Waals surface area contributed by atoms with Crippen molar-refractivity contribution in [3.63, 3.8) is 0 Å². The Labute approximate surface area is 106 Å². The molecule has 0 saturated heterocycles. The van der Waals surface area contributed by atoms with Gasteiger partial charge in [0.05, 0.1) is 6.61 Å². The zero-order valence-electron chi connectivity index (χ0n) is 10.7. The van der Waals surface area contributed by atoms with E-state index in [2.05, 4.69) is 9.64 Å². The molecule has 1 aliphatic rings. The lowest BCUT2D eigenvalue weighted by Gasteiger charge is -2.34. The topological polar surface area (TPSA) is 38.5 Å². The van der Waals surface area contributed by atoms with Gasteiger partial charge in [0.2, 0.25) is 0 Å². The van der Waals surface area contributed by atoms with Crippen LogP contribution < -0.4 is 5.73 Å². The maximum Gasteiger partial charge on any atom is 0.522 e. The molecule has 0 spiro atoms. The lowest BCUT2D eigenvalue weighted by molar-refractivity contribution is -0.325. The van der Waals surface area contributed by atoms with Crippen LogP contribution in [0.5, 0.6) is 0 Å². The number of halogens is 3. The highest BCUT2D eigenvalue weighted by Gasteiger charge is 2.29. The van der Waals surface area contributed by atoms with Gasteiger partial charge in [0.1, 0.15) is 0 Å². The van der Waals surface area contributed by atoms with E-state index < -0.39 is 6.36 Å². The number of hydrogen-bond acceptors (Lipinski definition) is 3. The lowest BCUT2D eigenvalue weighted by Crippen LogP contribution is -2.40. The third-order valence-corrected chi connectivity index (χ3v) is 3.38. The lowest BCUT2D eigenvalue weighted by atomic mass is 9.94. The maximum atomic E-state index is 11.9. The molecule has 1 saturated carbocycles. The van der Waals surface area contributed by atoms with Crippen molar-refractivity contribution >= 4 is 0 Å². The van der Waals surface area contributed by atoms with E-state index in [0.29, 0.717) is 19.1 Å². The zero-order valence-corrected chi connectivity index (χ0v) is 10.7. The van der Waals surface area contributed by atoms with Gasteiger partial charge in [0, 0.05) is 12.6 Å². The number of nitrogens with two attached hydrogens (primary N) is 1. The molecule has 3 nitrogen and oxygen atoms in total. The Balaban J connectivity index is 2.34. The molecule has 0 aromatic carbocycles. The number of hydrogen-bond donors (Lipinski definition) is 1. The standard InChI is InChI=1S/C12H23F3N2O/c13-12(14,15)18-10-9-17(8-4-7-16)11-5-2-1-3-6-11/h11H,1-10,16H2. The number of ether oxygens (including phenoxy) is 1.